The molecule has 1 saturated heterocycles. The van der Waals surface area contributed by atoms with Crippen molar-refractivity contribution in [1.82, 2.24) is 9.97 Å². The molecule has 0 aliphatic carbocycles. The van der Waals surface area contributed by atoms with Crippen molar-refractivity contribution in [2.24, 2.45) is 5.10 Å². The van der Waals surface area contributed by atoms with Crippen LogP contribution in [0, 0.1) is 0 Å². The van der Waals surface area contributed by atoms with Crippen molar-refractivity contribution in [3.63, 3.8) is 0 Å². The zero-order chi connectivity index (χ0) is 21.3. The van der Waals surface area contributed by atoms with E-state index in [4.69, 9.17) is 19.8 Å². The van der Waals surface area contributed by atoms with Crippen LogP contribution in [0.1, 0.15) is 18.0 Å². The molecule has 0 saturated carbocycles. The average Bonchev–Trinajstić information content (AvgIpc) is 3.54. The monoisotopic (exact) mass is 441 g/mol. The molecule has 0 radical (unpaired) electrons. The predicted molar refractivity (Wildman–Crippen MR) is 131 cm³/mol. The molecule has 6 nitrogen and oxygen atoms in total. The van der Waals surface area contributed by atoms with Crippen LogP contribution in [0.5, 0.6) is 0 Å². The lowest BCUT2D eigenvalue weighted by atomic mass is 10.0. The van der Waals surface area contributed by atoms with Gasteiger partial charge in [-0.25, -0.2) is 15.0 Å². The molecule has 1 atom stereocenters. The molecule has 4 heterocycles. The molecular weight excluding hydrogens is 418 g/mol. The molecule has 2 aliphatic rings. The van der Waals surface area contributed by atoms with Gasteiger partial charge in [-0.15, -0.1) is 11.3 Å². The van der Waals surface area contributed by atoms with Crippen LogP contribution in [0.4, 0.5) is 11.5 Å². The van der Waals surface area contributed by atoms with E-state index in [-0.39, 0.29) is 6.04 Å². The van der Waals surface area contributed by atoms with Crippen LogP contribution in [0.25, 0.3) is 21.6 Å². The fourth-order valence-corrected chi connectivity index (χ4v) is 5.16. The summed E-state index contributed by atoms with van der Waals surface area (Å²) in [4.78, 5) is 12.2. The maximum absolute atomic E-state index is 5.47. The van der Waals surface area contributed by atoms with Crippen molar-refractivity contribution in [2.45, 2.75) is 12.5 Å². The van der Waals surface area contributed by atoms with Crippen molar-refractivity contribution in [3.8, 4) is 11.4 Å². The number of ether oxygens (including phenoxy) is 1. The van der Waals surface area contributed by atoms with Gasteiger partial charge < -0.3 is 9.64 Å². The van der Waals surface area contributed by atoms with E-state index in [1.54, 1.807) is 11.3 Å². The fraction of sp³-hybridized carbons (Fsp3) is 0.240. The highest BCUT2D eigenvalue weighted by Gasteiger charge is 2.28. The van der Waals surface area contributed by atoms with Crippen LogP contribution in [-0.4, -0.2) is 42.5 Å². The molecule has 2 aliphatic heterocycles. The van der Waals surface area contributed by atoms with Crippen LogP contribution in [0.15, 0.2) is 71.1 Å². The first-order chi connectivity index (χ1) is 15.9. The van der Waals surface area contributed by atoms with Gasteiger partial charge in [-0.05, 0) is 41.3 Å². The van der Waals surface area contributed by atoms with E-state index < -0.39 is 0 Å². The second kappa shape index (κ2) is 8.33. The molecule has 7 heteroatoms. The third kappa shape index (κ3) is 3.53. The first-order valence-electron chi connectivity index (χ1n) is 10.9. The number of morpholine rings is 1. The molecule has 32 heavy (non-hydrogen) atoms. The van der Waals surface area contributed by atoms with Crippen molar-refractivity contribution < 1.29 is 4.74 Å². The number of rotatable bonds is 4. The molecule has 4 aromatic rings. The SMILES string of the molecule is C1=NN(c2nc(-c3ccc(N4CCOCC4)cc3)nc3ccsc23)C(c2ccccc2)C1. The summed E-state index contributed by atoms with van der Waals surface area (Å²) in [6, 6.07) is 21.3. The van der Waals surface area contributed by atoms with E-state index in [1.165, 1.54) is 11.3 Å². The number of fused-ring (bicyclic) bond motifs is 1. The van der Waals surface area contributed by atoms with E-state index in [0.717, 1.165) is 60.1 Å². The Balaban J connectivity index is 1.38. The van der Waals surface area contributed by atoms with Crippen molar-refractivity contribution in [1.29, 1.82) is 0 Å². The standard InChI is InChI=1S/C25H23N5OS/c1-2-4-18(5-3-1)22-10-12-26-30(22)25-23-21(11-17-32-23)27-24(28-25)19-6-8-20(9-7-19)29-13-15-31-16-14-29/h1-9,11-12,17,22H,10,13-16H2. The van der Waals surface area contributed by atoms with Gasteiger partial charge >= 0.3 is 0 Å². The summed E-state index contributed by atoms with van der Waals surface area (Å²) in [5, 5.41) is 8.84. The molecular formula is C25H23N5OS. The molecule has 0 spiro atoms. The normalized spacial score (nSPS) is 18.6. The van der Waals surface area contributed by atoms with E-state index in [1.807, 2.05) is 12.3 Å². The minimum atomic E-state index is 0.146. The van der Waals surface area contributed by atoms with Crippen molar-refractivity contribution in [3.05, 3.63) is 71.6 Å². The van der Waals surface area contributed by atoms with Gasteiger partial charge in [-0.1, -0.05) is 30.3 Å². The predicted octanol–water partition coefficient (Wildman–Crippen LogP) is 5.13. The van der Waals surface area contributed by atoms with E-state index in [2.05, 4.69) is 69.9 Å². The van der Waals surface area contributed by atoms with Gasteiger partial charge in [0.1, 0.15) is 0 Å². The number of nitrogens with zero attached hydrogens (tertiary/aromatic N) is 5. The van der Waals surface area contributed by atoms with E-state index in [9.17, 15) is 0 Å². The third-order valence-corrected chi connectivity index (χ3v) is 6.92. The van der Waals surface area contributed by atoms with Crippen LogP contribution in [0.3, 0.4) is 0 Å². The summed E-state index contributed by atoms with van der Waals surface area (Å²) in [6.07, 6.45) is 2.85. The smallest absolute Gasteiger partial charge is 0.171 e. The average molecular weight is 442 g/mol. The fourth-order valence-electron chi connectivity index (χ4n) is 4.35. The van der Waals surface area contributed by atoms with Crippen molar-refractivity contribution >= 4 is 39.3 Å². The highest BCUT2D eigenvalue weighted by molar-refractivity contribution is 7.17. The number of benzene rings is 2. The van der Waals surface area contributed by atoms with E-state index >= 15 is 0 Å². The van der Waals surface area contributed by atoms with Crippen LogP contribution < -0.4 is 9.91 Å². The van der Waals surface area contributed by atoms with E-state index in [0.29, 0.717) is 0 Å². The lowest BCUT2D eigenvalue weighted by Gasteiger charge is -2.28. The van der Waals surface area contributed by atoms with Gasteiger partial charge in [0.05, 0.1) is 29.5 Å². The summed E-state index contributed by atoms with van der Waals surface area (Å²) in [5.41, 5.74) is 4.42. The molecule has 1 unspecified atom stereocenters. The quantitative estimate of drug-likeness (QED) is 0.439. The minimum absolute atomic E-state index is 0.146. The topological polar surface area (TPSA) is 53.9 Å². The molecule has 0 N–H and O–H groups in total. The lowest BCUT2D eigenvalue weighted by Crippen LogP contribution is -2.36. The Bertz CT molecular complexity index is 1250. The molecule has 1 fully saturated rings. The molecule has 0 amide bonds. The van der Waals surface area contributed by atoms with Gasteiger partial charge in [0.2, 0.25) is 0 Å². The van der Waals surface area contributed by atoms with Crippen LogP contribution in [0.2, 0.25) is 0 Å². The Labute approximate surface area is 190 Å². The number of aromatic nitrogens is 2. The maximum Gasteiger partial charge on any atom is 0.171 e. The molecule has 0 bridgehead atoms. The molecule has 2 aromatic heterocycles. The molecule has 160 valence electrons. The molecule has 2 aromatic carbocycles. The van der Waals surface area contributed by atoms with Crippen LogP contribution >= 0.6 is 11.3 Å². The number of hydrogen-bond donors (Lipinski definition) is 0. The largest absolute Gasteiger partial charge is 0.378 e. The highest BCUT2D eigenvalue weighted by Crippen LogP contribution is 2.38. The Morgan fingerprint density at radius 1 is 0.906 bits per heavy atom. The maximum atomic E-state index is 5.47. The Kier molecular flexibility index (Phi) is 5.05. The number of hydrogen-bond acceptors (Lipinski definition) is 7. The Morgan fingerprint density at radius 3 is 2.53 bits per heavy atom. The summed E-state index contributed by atoms with van der Waals surface area (Å²) < 4.78 is 6.54. The number of thiophene rings is 1. The first-order valence-corrected chi connectivity index (χ1v) is 11.8. The Morgan fingerprint density at radius 2 is 1.72 bits per heavy atom. The van der Waals surface area contributed by atoms with Gasteiger partial charge in [0.15, 0.2) is 11.6 Å². The number of anilines is 2. The second-order valence-electron chi connectivity index (χ2n) is 7.96. The lowest BCUT2D eigenvalue weighted by molar-refractivity contribution is 0.122. The summed E-state index contributed by atoms with van der Waals surface area (Å²) in [5.74, 6) is 1.60. The van der Waals surface area contributed by atoms with Crippen LogP contribution in [-0.2, 0) is 4.74 Å². The van der Waals surface area contributed by atoms with Gasteiger partial charge in [-0.2, -0.15) is 5.10 Å². The number of hydrazone groups is 1. The van der Waals surface area contributed by atoms with Gasteiger partial charge in [-0.3, -0.25) is 0 Å². The summed E-state index contributed by atoms with van der Waals surface area (Å²) in [7, 11) is 0. The van der Waals surface area contributed by atoms with Gasteiger partial charge in [0.25, 0.3) is 0 Å². The Hall–Kier alpha value is -3.29. The second-order valence-corrected chi connectivity index (χ2v) is 8.87. The zero-order valence-corrected chi connectivity index (χ0v) is 18.4. The minimum Gasteiger partial charge on any atom is -0.378 e. The van der Waals surface area contributed by atoms with Gasteiger partial charge in [0, 0.05) is 37.0 Å². The first kappa shape index (κ1) is 19.4. The highest BCUT2D eigenvalue weighted by atomic mass is 32.1. The third-order valence-electron chi connectivity index (χ3n) is 6.02. The van der Waals surface area contributed by atoms with Crippen molar-refractivity contribution in [2.75, 3.05) is 36.2 Å². The summed E-state index contributed by atoms with van der Waals surface area (Å²) in [6.45, 7) is 3.41. The zero-order valence-electron chi connectivity index (χ0n) is 17.6. The molecule has 6 rings (SSSR count). The summed E-state index contributed by atoms with van der Waals surface area (Å²) >= 11 is 1.66.